The number of nitrogens with zero attached hydrogens (tertiary/aromatic N) is 4. The Labute approximate surface area is 140 Å². The van der Waals surface area contributed by atoms with Gasteiger partial charge in [0.25, 0.3) is 5.91 Å². The molecule has 1 saturated carbocycles. The molecule has 24 heavy (non-hydrogen) atoms. The summed E-state index contributed by atoms with van der Waals surface area (Å²) < 4.78 is 1.41. The Kier molecular flexibility index (Phi) is 4.33. The number of aliphatic hydroxyl groups is 1. The fourth-order valence-corrected chi connectivity index (χ4v) is 4.14. The predicted molar refractivity (Wildman–Crippen MR) is 86.7 cm³/mol. The van der Waals surface area contributed by atoms with Crippen molar-refractivity contribution in [2.75, 3.05) is 13.1 Å². The minimum Gasteiger partial charge on any atom is -0.389 e. The summed E-state index contributed by atoms with van der Waals surface area (Å²) in [5.41, 5.74) is -0.564. The van der Waals surface area contributed by atoms with Crippen molar-refractivity contribution in [1.82, 2.24) is 14.7 Å². The highest BCUT2D eigenvalue weighted by Gasteiger charge is 2.45. The Hall–Kier alpha value is -1.96. The lowest BCUT2D eigenvalue weighted by Gasteiger charge is -2.47. The van der Waals surface area contributed by atoms with E-state index in [0.717, 1.165) is 25.7 Å². The van der Waals surface area contributed by atoms with Crippen molar-refractivity contribution < 1.29 is 14.8 Å². The minimum atomic E-state index is -0.679. The highest BCUT2D eigenvalue weighted by atomic mass is 16.6. The molecule has 0 aromatic carbocycles. The lowest BCUT2D eigenvalue weighted by Crippen LogP contribution is -2.54. The first-order valence-corrected chi connectivity index (χ1v) is 8.61. The summed E-state index contributed by atoms with van der Waals surface area (Å²) in [7, 11) is 0. The number of carbonyl (C=O) groups excluding carboxylic acids is 1. The molecule has 3 rings (SSSR count). The molecule has 0 bridgehead atoms. The predicted octanol–water partition coefficient (Wildman–Crippen LogP) is 1.89. The summed E-state index contributed by atoms with van der Waals surface area (Å²) in [5, 5.41) is 26.3. The van der Waals surface area contributed by atoms with Gasteiger partial charge in [0.2, 0.25) is 5.69 Å². The lowest BCUT2D eigenvalue weighted by molar-refractivity contribution is -0.385. The van der Waals surface area contributed by atoms with E-state index in [1.54, 1.807) is 11.8 Å². The van der Waals surface area contributed by atoms with E-state index >= 15 is 0 Å². The summed E-state index contributed by atoms with van der Waals surface area (Å²) in [6, 6.07) is 0. The molecular formula is C16H24N4O4. The first-order chi connectivity index (χ1) is 11.4. The normalized spacial score (nSPS) is 27.0. The number of hydrogen-bond acceptors (Lipinski definition) is 5. The second-order valence-corrected chi connectivity index (χ2v) is 6.90. The SMILES string of the molecule is CCn1nc(C)c([N+](=O)[O-])c1C(=O)N1CCC2(O)CCCCC2C1. The van der Waals surface area contributed by atoms with E-state index in [-0.39, 0.29) is 28.9 Å². The number of likely N-dealkylation sites (tertiary alicyclic amines) is 1. The molecule has 0 spiro atoms. The van der Waals surface area contributed by atoms with Gasteiger partial charge < -0.3 is 10.0 Å². The van der Waals surface area contributed by atoms with Gasteiger partial charge >= 0.3 is 5.69 Å². The Morgan fingerprint density at radius 1 is 1.46 bits per heavy atom. The monoisotopic (exact) mass is 336 g/mol. The second kappa shape index (κ2) is 6.16. The summed E-state index contributed by atoms with van der Waals surface area (Å²) in [5.74, 6) is -0.293. The molecule has 1 aromatic rings. The second-order valence-electron chi connectivity index (χ2n) is 6.90. The van der Waals surface area contributed by atoms with Crippen molar-refractivity contribution in [1.29, 1.82) is 0 Å². The van der Waals surface area contributed by atoms with E-state index in [0.29, 0.717) is 26.1 Å². The van der Waals surface area contributed by atoms with Crippen LogP contribution in [-0.2, 0) is 6.54 Å². The molecule has 1 N–H and O–H groups in total. The van der Waals surface area contributed by atoms with Crippen LogP contribution in [-0.4, -0.2) is 49.3 Å². The topological polar surface area (TPSA) is 102 Å². The van der Waals surface area contributed by atoms with E-state index in [1.165, 1.54) is 4.68 Å². The van der Waals surface area contributed by atoms with Crippen LogP contribution in [0.15, 0.2) is 0 Å². The van der Waals surface area contributed by atoms with E-state index < -0.39 is 10.5 Å². The smallest absolute Gasteiger partial charge is 0.322 e. The summed E-state index contributed by atoms with van der Waals surface area (Å²) >= 11 is 0. The number of aryl methyl sites for hydroxylation is 2. The third-order valence-electron chi connectivity index (χ3n) is 5.50. The molecule has 1 aliphatic carbocycles. The number of aromatic nitrogens is 2. The van der Waals surface area contributed by atoms with Crippen LogP contribution in [0.4, 0.5) is 5.69 Å². The largest absolute Gasteiger partial charge is 0.389 e. The van der Waals surface area contributed by atoms with Crippen molar-refractivity contribution in [2.24, 2.45) is 5.92 Å². The van der Waals surface area contributed by atoms with E-state index in [2.05, 4.69) is 5.10 Å². The van der Waals surface area contributed by atoms with Crippen LogP contribution in [0.1, 0.15) is 55.2 Å². The zero-order valence-corrected chi connectivity index (χ0v) is 14.2. The van der Waals surface area contributed by atoms with Gasteiger partial charge in [-0.15, -0.1) is 0 Å². The van der Waals surface area contributed by atoms with Crippen molar-refractivity contribution >= 4 is 11.6 Å². The lowest BCUT2D eigenvalue weighted by atomic mass is 9.71. The summed E-state index contributed by atoms with van der Waals surface area (Å²) in [4.78, 5) is 25.5. The zero-order chi connectivity index (χ0) is 17.5. The maximum atomic E-state index is 13.0. The average Bonchev–Trinajstić information content (AvgIpc) is 2.90. The molecule has 1 aliphatic heterocycles. The Morgan fingerprint density at radius 2 is 2.21 bits per heavy atom. The van der Waals surface area contributed by atoms with E-state index in [4.69, 9.17) is 0 Å². The van der Waals surface area contributed by atoms with Gasteiger partial charge in [0.1, 0.15) is 5.69 Å². The molecule has 2 heterocycles. The van der Waals surface area contributed by atoms with Crippen molar-refractivity contribution in [3.63, 3.8) is 0 Å². The fourth-order valence-electron chi connectivity index (χ4n) is 4.14. The highest BCUT2D eigenvalue weighted by molar-refractivity contribution is 5.97. The maximum absolute atomic E-state index is 13.0. The summed E-state index contributed by atoms with van der Waals surface area (Å²) in [6.45, 7) is 4.65. The Balaban J connectivity index is 1.89. The highest BCUT2D eigenvalue weighted by Crippen LogP contribution is 2.40. The number of hydrogen-bond donors (Lipinski definition) is 1. The first kappa shape index (κ1) is 16.9. The number of rotatable bonds is 3. The van der Waals surface area contributed by atoms with Gasteiger partial charge in [-0.05, 0) is 33.1 Å². The van der Waals surface area contributed by atoms with Gasteiger partial charge in [-0.1, -0.05) is 12.8 Å². The Morgan fingerprint density at radius 3 is 2.88 bits per heavy atom. The van der Waals surface area contributed by atoms with E-state index in [1.807, 2.05) is 6.92 Å². The molecule has 2 aliphatic rings. The maximum Gasteiger partial charge on any atom is 0.322 e. The number of nitro groups is 1. The number of amides is 1. The van der Waals surface area contributed by atoms with Gasteiger partial charge in [-0.25, -0.2) is 0 Å². The van der Waals surface area contributed by atoms with Crippen LogP contribution in [0.5, 0.6) is 0 Å². The van der Waals surface area contributed by atoms with Crippen LogP contribution in [0.25, 0.3) is 0 Å². The molecule has 1 aromatic heterocycles. The molecule has 132 valence electrons. The molecule has 0 radical (unpaired) electrons. The number of fused-ring (bicyclic) bond motifs is 1. The molecule has 2 unspecified atom stereocenters. The van der Waals surface area contributed by atoms with Crippen LogP contribution in [0.3, 0.4) is 0 Å². The average molecular weight is 336 g/mol. The van der Waals surface area contributed by atoms with Gasteiger partial charge in [-0.2, -0.15) is 5.10 Å². The number of carbonyl (C=O) groups is 1. The quantitative estimate of drug-likeness (QED) is 0.671. The molecule has 8 nitrogen and oxygen atoms in total. The molecular weight excluding hydrogens is 312 g/mol. The zero-order valence-electron chi connectivity index (χ0n) is 14.2. The minimum absolute atomic E-state index is 0.0567. The van der Waals surface area contributed by atoms with Crippen LogP contribution >= 0.6 is 0 Å². The third-order valence-corrected chi connectivity index (χ3v) is 5.50. The molecule has 1 saturated heterocycles. The van der Waals surface area contributed by atoms with Crippen LogP contribution in [0, 0.1) is 23.0 Å². The van der Waals surface area contributed by atoms with Gasteiger partial charge in [0.15, 0.2) is 0 Å². The van der Waals surface area contributed by atoms with Crippen LogP contribution in [0.2, 0.25) is 0 Å². The van der Waals surface area contributed by atoms with Crippen molar-refractivity contribution in [3.8, 4) is 0 Å². The Bertz CT molecular complexity index is 671. The third kappa shape index (κ3) is 2.68. The molecule has 8 heteroatoms. The van der Waals surface area contributed by atoms with Gasteiger partial charge in [0, 0.05) is 25.6 Å². The standard InChI is InChI=1S/C16H24N4O4/c1-3-19-14(13(20(23)24)11(2)17-19)15(21)18-9-8-16(22)7-5-4-6-12(16)10-18/h12,22H,3-10H2,1-2H3. The fraction of sp³-hybridized carbons (Fsp3) is 0.750. The molecule has 1 amide bonds. The van der Waals surface area contributed by atoms with Crippen LogP contribution < -0.4 is 0 Å². The van der Waals surface area contributed by atoms with Crippen molar-refractivity contribution in [3.05, 3.63) is 21.5 Å². The molecule has 2 atom stereocenters. The summed E-state index contributed by atoms with van der Waals surface area (Å²) in [6.07, 6.45) is 4.30. The number of piperidine rings is 1. The molecule has 2 fully saturated rings. The van der Waals surface area contributed by atoms with Gasteiger partial charge in [0.05, 0.1) is 10.5 Å². The first-order valence-electron chi connectivity index (χ1n) is 8.61. The van der Waals surface area contributed by atoms with E-state index in [9.17, 15) is 20.0 Å². The van der Waals surface area contributed by atoms with Crippen molar-refractivity contribution in [2.45, 2.75) is 58.1 Å². The van der Waals surface area contributed by atoms with Gasteiger partial charge in [-0.3, -0.25) is 19.6 Å².